The summed E-state index contributed by atoms with van der Waals surface area (Å²) in [6.45, 7) is 7.92. The zero-order valence-electron chi connectivity index (χ0n) is 10.2. The van der Waals surface area contributed by atoms with Gasteiger partial charge in [-0.25, -0.2) is 4.39 Å². The number of hydrogen-bond donors (Lipinski definition) is 1. The van der Waals surface area contributed by atoms with Crippen LogP contribution in [0.5, 0.6) is 0 Å². The van der Waals surface area contributed by atoms with Crippen LogP contribution < -0.4 is 5.73 Å². The molecule has 1 fully saturated rings. The van der Waals surface area contributed by atoms with Gasteiger partial charge in [0.05, 0.1) is 0 Å². The predicted octanol–water partition coefficient (Wildman–Crippen LogP) is 2.48. The Morgan fingerprint density at radius 1 is 1.50 bits per heavy atom. The molecule has 0 saturated carbocycles. The number of rotatable bonds is 6. The van der Waals surface area contributed by atoms with E-state index in [1.807, 2.05) is 13.0 Å². The number of nitrogens with two attached hydrogens (primary N) is 1. The molecule has 2 atom stereocenters. The average Bonchev–Trinajstić information content (AvgIpc) is 2.79. The Morgan fingerprint density at radius 2 is 2.12 bits per heavy atom. The van der Waals surface area contributed by atoms with Gasteiger partial charge in [-0.1, -0.05) is 25.7 Å². The lowest BCUT2D eigenvalue weighted by Gasteiger charge is -2.25. The van der Waals surface area contributed by atoms with Gasteiger partial charge < -0.3 is 10.6 Å². The summed E-state index contributed by atoms with van der Waals surface area (Å²) in [7, 11) is 0. The highest BCUT2D eigenvalue weighted by atomic mass is 19.1. The lowest BCUT2D eigenvalue weighted by Crippen LogP contribution is -2.31. The molecular weight excluding hydrogens is 203 g/mol. The number of halogens is 1. The molecule has 0 aromatic rings. The zero-order chi connectivity index (χ0) is 12.0. The molecule has 0 radical (unpaired) electrons. The van der Waals surface area contributed by atoms with Crippen molar-refractivity contribution in [2.45, 2.75) is 32.2 Å². The van der Waals surface area contributed by atoms with Gasteiger partial charge in [0, 0.05) is 31.2 Å². The molecule has 1 aliphatic rings. The van der Waals surface area contributed by atoms with E-state index in [2.05, 4.69) is 11.5 Å². The van der Waals surface area contributed by atoms with Gasteiger partial charge in [0.2, 0.25) is 0 Å². The average molecular weight is 226 g/mol. The van der Waals surface area contributed by atoms with E-state index in [9.17, 15) is 4.39 Å². The molecule has 1 heterocycles. The summed E-state index contributed by atoms with van der Waals surface area (Å²) in [5, 5.41) is 0. The first-order valence-electron chi connectivity index (χ1n) is 6.06. The Balaban J connectivity index is 2.34. The second kappa shape index (κ2) is 6.69. The summed E-state index contributed by atoms with van der Waals surface area (Å²) in [6.07, 6.45) is 6.69. The summed E-state index contributed by atoms with van der Waals surface area (Å²) in [5.41, 5.74) is 7.20. The van der Waals surface area contributed by atoms with Gasteiger partial charge in [0.15, 0.2) is 0 Å². The fourth-order valence-corrected chi connectivity index (χ4v) is 2.03. The maximum absolute atomic E-state index is 12.0. The quantitative estimate of drug-likeness (QED) is 0.705. The number of alkyl halides is 1. The van der Waals surface area contributed by atoms with Crippen molar-refractivity contribution in [2.24, 2.45) is 11.7 Å². The molecule has 0 spiro atoms. The third kappa shape index (κ3) is 3.97. The van der Waals surface area contributed by atoms with E-state index in [4.69, 9.17) is 5.73 Å². The molecule has 3 heteroatoms. The highest BCUT2D eigenvalue weighted by Gasteiger charge is 2.17. The summed E-state index contributed by atoms with van der Waals surface area (Å²) in [5.74, 6) is 0.204. The van der Waals surface area contributed by atoms with Crippen LogP contribution in [0, 0.1) is 5.92 Å². The van der Waals surface area contributed by atoms with E-state index in [1.165, 1.54) is 18.9 Å². The number of allylic oxidation sites excluding steroid dienone is 1. The topological polar surface area (TPSA) is 29.3 Å². The minimum absolute atomic E-state index is 0.0379. The van der Waals surface area contributed by atoms with Gasteiger partial charge in [-0.2, -0.15) is 0 Å². The van der Waals surface area contributed by atoms with E-state index in [0.29, 0.717) is 0 Å². The lowest BCUT2D eigenvalue weighted by atomic mass is 9.98. The molecular formula is C13H23FN2. The Labute approximate surface area is 98.0 Å². The molecule has 92 valence electrons. The first-order valence-corrected chi connectivity index (χ1v) is 6.06. The Bertz CT molecular complexity index is 244. The van der Waals surface area contributed by atoms with Crippen LogP contribution in [0.2, 0.25) is 0 Å². The lowest BCUT2D eigenvalue weighted by molar-refractivity contribution is 0.384. The van der Waals surface area contributed by atoms with Crippen molar-refractivity contribution in [1.82, 2.24) is 4.90 Å². The zero-order valence-corrected chi connectivity index (χ0v) is 10.2. The number of nitrogens with zero attached hydrogens (tertiary/aromatic N) is 1. The van der Waals surface area contributed by atoms with Crippen molar-refractivity contribution in [2.75, 3.05) is 19.8 Å². The summed E-state index contributed by atoms with van der Waals surface area (Å²) in [6, 6.07) is 0.0379. The Hall–Kier alpha value is -0.830. The minimum Gasteiger partial charge on any atom is -0.375 e. The fourth-order valence-electron chi connectivity index (χ4n) is 2.03. The molecule has 0 bridgehead atoms. The third-order valence-electron chi connectivity index (χ3n) is 3.23. The van der Waals surface area contributed by atoms with Crippen LogP contribution in [-0.4, -0.2) is 30.7 Å². The van der Waals surface area contributed by atoms with Crippen LogP contribution in [0.25, 0.3) is 0 Å². The molecule has 1 rings (SSSR count). The smallest absolute Gasteiger partial charge is 0.108 e. The first-order chi connectivity index (χ1) is 7.65. The predicted molar refractivity (Wildman–Crippen MR) is 66.8 cm³/mol. The minimum atomic E-state index is -0.413. The second-order valence-corrected chi connectivity index (χ2v) is 4.57. The molecule has 2 N–H and O–H groups in total. The SMILES string of the molecule is C=C(CC(N)C(C)C=CCF)N1CCCC1. The molecule has 2 unspecified atom stereocenters. The normalized spacial score (nSPS) is 20.3. The van der Waals surface area contributed by atoms with Gasteiger partial charge in [0.1, 0.15) is 6.67 Å². The van der Waals surface area contributed by atoms with Crippen molar-refractivity contribution in [1.29, 1.82) is 0 Å². The Morgan fingerprint density at radius 3 is 2.69 bits per heavy atom. The van der Waals surface area contributed by atoms with Gasteiger partial charge in [-0.05, 0) is 18.8 Å². The summed E-state index contributed by atoms with van der Waals surface area (Å²) in [4.78, 5) is 2.31. The molecule has 0 amide bonds. The van der Waals surface area contributed by atoms with Crippen LogP contribution in [0.3, 0.4) is 0 Å². The standard InChI is InChI=1S/C13H23FN2/c1-11(6-5-7-14)13(15)10-12(2)16-8-3-4-9-16/h5-6,11,13H,2-4,7-10,15H2,1H3. The second-order valence-electron chi connectivity index (χ2n) is 4.57. The highest BCUT2D eigenvalue weighted by molar-refractivity contribution is 5.02. The fraction of sp³-hybridized carbons (Fsp3) is 0.692. The van der Waals surface area contributed by atoms with E-state index in [0.717, 1.165) is 25.2 Å². The van der Waals surface area contributed by atoms with Crippen molar-refractivity contribution in [3.63, 3.8) is 0 Å². The van der Waals surface area contributed by atoms with Crippen molar-refractivity contribution >= 4 is 0 Å². The van der Waals surface area contributed by atoms with Crippen molar-refractivity contribution in [3.8, 4) is 0 Å². The van der Waals surface area contributed by atoms with E-state index in [1.54, 1.807) is 0 Å². The maximum Gasteiger partial charge on any atom is 0.108 e. The maximum atomic E-state index is 12.0. The van der Waals surface area contributed by atoms with Crippen molar-refractivity contribution in [3.05, 3.63) is 24.4 Å². The van der Waals surface area contributed by atoms with E-state index < -0.39 is 6.67 Å². The van der Waals surface area contributed by atoms with Crippen molar-refractivity contribution < 1.29 is 4.39 Å². The molecule has 16 heavy (non-hydrogen) atoms. The van der Waals surface area contributed by atoms with E-state index >= 15 is 0 Å². The van der Waals surface area contributed by atoms with Crippen LogP contribution >= 0.6 is 0 Å². The first kappa shape index (κ1) is 13.2. The Kier molecular flexibility index (Phi) is 5.53. The van der Waals surface area contributed by atoms with Crippen LogP contribution in [0.1, 0.15) is 26.2 Å². The molecule has 0 aromatic heterocycles. The molecule has 0 aromatic carbocycles. The number of hydrogen-bond acceptors (Lipinski definition) is 2. The third-order valence-corrected chi connectivity index (χ3v) is 3.23. The van der Waals surface area contributed by atoms with Crippen LogP contribution in [-0.2, 0) is 0 Å². The highest BCUT2D eigenvalue weighted by Crippen LogP contribution is 2.19. The number of likely N-dealkylation sites (tertiary alicyclic amines) is 1. The summed E-state index contributed by atoms with van der Waals surface area (Å²) >= 11 is 0. The summed E-state index contributed by atoms with van der Waals surface area (Å²) < 4.78 is 12.0. The molecule has 2 nitrogen and oxygen atoms in total. The monoisotopic (exact) mass is 226 g/mol. The molecule has 1 aliphatic heterocycles. The largest absolute Gasteiger partial charge is 0.375 e. The van der Waals surface area contributed by atoms with Gasteiger partial charge in [-0.3, -0.25) is 0 Å². The molecule has 1 saturated heterocycles. The van der Waals surface area contributed by atoms with Crippen LogP contribution in [0.15, 0.2) is 24.4 Å². The van der Waals surface area contributed by atoms with Gasteiger partial charge >= 0.3 is 0 Å². The molecule has 0 aliphatic carbocycles. The van der Waals surface area contributed by atoms with Crippen LogP contribution in [0.4, 0.5) is 4.39 Å². The van der Waals surface area contributed by atoms with E-state index in [-0.39, 0.29) is 12.0 Å². The van der Waals surface area contributed by atoms with Gasteiger partial charge in [0.25, 0.3) is 0 Å². The van der Waals surface area contributed by atoms with Gasteiger partial charge in [-0.15, -0.1) is 0 Å².